The van der Waals surface area contributed by atoms with Gasteiger partial charge in [-0.2, -0.15) is 0 Å². The molecule has 0 aliphatic rings. The van der Waals surface area contributed by atoms with E-state index in [1.807, 2.05) is 78.8 Å². The van der Waals surface area contributed by atoms with Crippen molar-refractivity contribution in [3.8, 4) is 0 Å². The molecular weight excluding hydrogens is 534 g/mol. The van der Waals surface area contributed by atoms with Crippen molar-refractivity contribution in [1.29, 1.82) is 0 Å². The summed E-state index contributed by atoms with van der Waals surface area (Å²) in [5, 5.41) is 5.73. The second kappa shape index (κ2) is 14.7. The molecule has 1 aromatic carbocycles. The number of hydrogen-bond acceptors (Lipinski definition) is 6. The Morgan fingerprint density at radius 2 is 1.45 bits per heavy atom. The van der Waals surface area contributed by atoms with Crippen molar-refractivity contribution in [3.63, 3.8) is 0 Å². The third-order valence-corrected chi connectivity index (χ3v) is 7.06. The number of amides is 3. The molecule has 3 amide bonds. The molecule has 236 valence electrons. The van der Waals surface area contributed by atoms with Gasteiger partial charge in [0.1, 0.15) is 17.7 Å². The van der Waals surface area contributed by atoms with E-state index < -0.39 is 52.5 Å². The third kappa shape index (κ3) is 10.5. The van der Waals surface area contributed by atoms with Gasteiger partial charge in [-0.1, -0.05) is 84.9 Å². The quantitative estimate of drug-likeness (QED) is 0.265. The smallest absolute Gasteiger partial charge is 0.408 e. The number of alkyl carbamates (subject to hydrolysis) is 1. The Morgan fingerprint density at radius 3 is 1.90 bits per heavy atom. The van der Waals surface area contributed by atoms with E-state index in [4.69, 9.17) is 9.47 Å². The second-order valence-corrected chi connectivity index (χ2v) is 13.7. The number of carbonyl (C=O) groups is 4. The molecule has 42 heavy (non-hydrogen) atoms. The average molecular weight is 588 g/mol. The highest BCUT2D eigenvalue weighted by atomic mass is 16.6. The highest BCUT2D eigenvalue weighted by molar-refractivity contribution is 5.93. The van der Waals surface area contributed by atoms with E-state index in [2.05, 4.69) is 10.6 Å². The van der Waals surface area contributed by atoms with Crippen molar-refractivity contribution in [2.24, 2.45) is 11.3 Å². The molecule has 0 saturated heterocycles. The maximum atomic E-state index is 14.1. The normalized spacial score (nSPS) is 14.9. The molecule has 0 bridgehead atoms. The molecule has 1 aromatic rings. The fourth-order valence-electron chi connectivity index (χ4n) is 4.58. The monoisotopic (exact) mass is 587 g/mol. The first-order valence-corrected chi connectivity index (χ1v) is 14.6. The van der Waals surface area contributed by atoms with Crippen molar-refractivity contribution >= 4 is 23.9 Å². The molecule has 2 N–H and O–H groups in total. The Labute approximate surface area is 252 Å². The number of rotatable bonds is 11. The molecule has 0 fully saturated rings. The minimum absolute atomic E-state index is 0.0294. The van der Waals surface area contributed by atoms with E-state index in [-0.39, 0.29) is 18.4 Å². The zero-order valence-corrected chi connectivity index (χ0v) is 27.9. The van der Waals surface area contributed by atoms with E-state index in [0.29, 0.717) is 5.57 Å². The number of ether oxygens (including phenoxy) is 2. The number of esters is 1. The zero-order valence-electron chi connectivity index (χ0n) is 27.9. The predicted molar refractivity (Wildman–Crippen MR) is 166 cm³/mol. The van der Waals surface area contributed by atoms with E-state index in [0.717, 1.165) is 5.56 Å². The lowest BCUT2D eigenvalue weighted by molar-refractivity contribution is -0.141. The highest BCUT2D eigenvalue weighted by Gasteiger charge is 2.43. The van der Waals surface area contributed by atoms with Gasteiger partial charge in [-0.05, 0) is 51.5 Å². The van der Waals surface area contributed by atoms with Gasteiger partial charge in [-0.15, -0.1) is 0 Å². The van der Waals surface area contributed by atoms with Gasteiger partial charge in [0.25, 0.3) is 0 Å². The van der Waals surface area contributed by atoms with Crippen molar-refractivity contribution < 1.29 is 28.7 Å². The van der Waals surface area contributed by atoms with Crippen LogP contribution in [0.4, 0.5) is 4.79 Å². The van der Waals surface area contributed by atoms with E-state index in [9.17, 15) is 19.2 Å². The molecule has 0 aromatic heterocycles. The summed E-state index contributed by atoms with van der Waals surface area (Å²) >= 11 is 0. The van der Waals surface area contributed by atoms with Gasteiger partial charge in [0.2, 0.25) is 11.8 Å². The van der Waals surface area contributed by atoms with Crippen LogP contribution in [-0.2, 0) is 29.3 Å². The van der Waals surface area contributed by atoms with Gasteiger partial charge in [0.05, 0.1) is 12.6 Å². The number of likely N-dealkylation sites (N-methyl/N-ethyl adjacent to an activating group) is 1. The summed E-state index contributed by atoms with van der Waals surface area (Å²) in [5.41, 5.74) is -1.08. The van der Waals surface area contributed by atoms with Gasteiger partial charge in [-0.3, -0.25) is 9.59 Å². The zero-order chi connectivity index (χ0) is 32.6. The largest absolute Gasteiger partial charge is 0.463 e. The predicted octanol–water partition coefficient (Wildman–Crippen LogP) is 5.38. The second-order valence-electron chi connectivity index (χ2n) is 13.7. The lowest BCUT2D eigenvalue weighted by Gasteiger charge is -2.40. The molecule has 0 heterocycles. The number of benzene rings is 1. The van der Waals surface area contributed by atoms with Crippen LogP contribution in [0.5, 0.6) is 0 Å². The summed E-state index contributed by atoms with van der Waals surface area (Å²) in [6.07, 6.45) is 0.995. The summed E-state index contributed by atoms with van der Waals surface area (Å²) in [6.45, 7) is 22.1. The molecule has 0 spiro atoms. The van der Waals surface area contributed by atoms with E-state index in [1.54, 1.807) is 52.6 Å². The van der Waals surface area contributed by atoms with Crippen LogP contribution < -0.4 is 10.6 Å². The first-order valence-electron chi connectivity index (χ1n) is 14.6. The molecule has 3 atom stereocenters. The molecular formula is C33H53N3O6. The number of hydrogen-bond donors (Lipinski definition) is 2. The lowest BCUT2D eigenvalue weighted by atomic mass is 9.76. The third-order valence-electron chi connectivity index (χ3n) is 7.06. The van der Waals surface area contributed by atoms with Crippen LogP contribution in [0.1, 0.15) is 88.6 Å². The van der Waals surface area contributed by atoms with Crippen LogP contribution in [0.25, 0.3) is 0 Å². The van der Waals surface area contributed by atoms with Gasteiger partial charge in [-0.25, -0.2) is 9.59 Å². The van der Waals surface area contributed by atoms with Gasteiger partial charge < -0.3 is 25.0 Å². The van der Waals surface area contributed by atoms with Crippen molar-refractivity contribution in [2.45, 2.75) is 112 Å². The van der Waals surface area contributed by atoms with Crippen LogP contribution >= 0.6 is 0 Å². The van der Waals surface area contributed by atoms with Crippen molar-refractivity contribution in [1.82, 2.24) is 15.5 Å². The molecule has 9 nitrogen and oxygen atoms in total. The first kappa shape index (κ1) is 36.7. The van der Waals surface area contributed by atoms with Crippen LogP contribution in [0, 0.1) is 11.3 Å². The maximum absolute atomic E-state index is 14.1. The Bertz CT molecular complexity index is 1110. The molecule has 9 heteroatoms. The Morgan fingerprint density at radius 1 is 0.905 bits per heavy atom. The summed E-state index contributed by atoms with van der Waals surface area (Å²) < 4.78 is 10.6. The first-order chi connectivity index (χ1) is 19.1. The molecule has 0 aliphatic carbocycles. The van der Waals surface area contributed by atoms with Gasteiger partial charge in [0, 0.05) is 18.0 Å². The van der Waals surface area contributed by atoms with Crippen LogP contribution in [0.15, 0.2) is 42.0 Å². The van der Waals surface area contributed by atoms with Gasteiger partial charge >= 0.3 is 12.1 Å². The van der Waals surface area contributed by atoms with Crippen LogP contribution in [0.2, 0.25) is 0 Å². The molecule has 1 rings (SSSR count). The molecule has 0 radical (unpaired) electrons. The van der Waals surface area contributed by atoms with Crippen LogP contribution in [-0.4, -0.2) is 66.2 Å². The fraction of sp³-hybridized carbons (Fsp3) is 0.636. The average Bonchev–Trinajstić information content (AvgIpc) is 2.86. The summed E-state index contributed by atoms with van der Waals surface area (Å²) in [4.78, 5) is 54.9. The molecule has 0 aliphatic heterocycles. The van der Waals surface area contributed by atoms with Crippen LogP contribution in [0.3, 0.4) is 0 Å². The number of nitrogens with zero attached hydrogens (tertiary/aromatic N) is 1. The highest BCUT2D eigenvalue weighted by Crippen LogP contribution is 2.29. The summed E-state index contributed by atoms with van der Waals surface area (Å²) in [6, 6.07) is 6.96. The minimum atomic E-state index is -1.07. The SMILES string of the molecule is CCOC(=O)C(C)=C[C@H](C(C)C)N(C)C(=O)[C@@H](NC(=O)[C@@H](NC(=O)OC(C)(C)C)C(C)(C)c1ccccc1)C(C)(C)C. The standard InChI is InChI=1S/C33H53N3O6/c1-14-41-29(39)22(4)20-24(21(2)3)36(13)28(38)26(31(5,6)7)34-27(37)25(35-30(40)42-32(8,9)10)33(11,12)23-18-16-15-17-19-23/h15-21,24-26H,14H2,1-13H3,(H,34,37)(H,35,40)/t24-,25-,26-/m1/s1. The minimum Gasteiger partial charge on any atom is -0.463 e. The lowest BCUT2D eigenvalue weighted by Crippen LogP contribution is -2.63. The summed E-state index contributed by atoms with van der Waals surface area (Å²) in [7, 11) is 1.66. The van der Waals surface area contributed by atoms with Crippen molar-refractivity contribution in [3.05, 3.63) is 47.5 Å². The van der Waals surface area contributed by atoms with Crippen molar-refractivity contribution in [2.75, 3.05) is 13.7 Å². The molecule has 0 saturated carbocycles. The Kier molecular flexibility index (Phi) is 12.8. The maximum Gasteiger partial charge on any atom is 0.408 e. The fourth-order valence-corrected chi connectivity index (χ4v) is 4.58. The Balaban J connectivity index is 3.48. The molecule has 0 unspecified atom stereocenters. The Hall–Kier alpha value is -3.36. The van der Waals surface area contributed by atoms with E-state index in [1.165, 1.54) is 0 Å². The topological polar surface area (TPSA) is 114 Å². The van der Waals surface area contributed by atoms with Gasteiger partial charge in [0.15, 0.2) is 0 Å². The number of nitrogens with one attached hydrogen (secondary N) is 2. The number of carbonyl (C=O) groups excluding carboxylic acids is 4. The van der Waals surface area contributed by atoms with E-state index >= 15 is 0 Å². The summed E-state index contributed by atoms with van der Waals surface area (Å²) in [5.74, 6) is -1.31.